The molecule has 4 heteroatoms. The number of halogens is 1. The minimum absolute atomic E-state index is 0.117. The molecule has 0 aliphatic carbocycles. The molecule has 2 aromatic rings. The summed E-state index contributed by atoms with van der Waals surface area (Å²) in [5.74, 6) is 0. The molecule has 2 N–H and O–H groups in total. The first-order chi connectivity index (χ1) is 10.0. The van der Waals surface area contributed by atoms with E-state index in [4.69, 9.17) is 17.3 Å². The normalized spacial score (nSPS) is 14.4. The van der Waals surface area contributed by atoms with Gasteiger partial charge >= 0.3 is 0 Å². The van der Waals surface area contributed by atoms with Crippen molar-refractivity contribution in [3.05, 3.63) is 56.7 Å². The quantitative estimate of drug-likeness (QED) is 0.840. The molecule has 1 heterocycles. The van der Waals surface area contributed by atoms with Crippen molar-refractivity contribution in [2.24, 2.45) is 5.73 Å². The van der Waals surface area contributed by atoms with Gasteiger partial charge in [-0.05, 0) is 43.7 Å². The molecule has 0 saturated heterocycles. The van der Waals surface area contributed by atoms with Crippen LogP contribution in [-0.2, 0) is 6.54 Å². The third-order valence-corrected chi connectivity index (χ3v) is 5.11. The SMILES string of the molecule is CCC(N)C(c1ccccc1C)N(C)Cc1ccc(Cl)s1. The number of likely N-dealkylation sites (N-methyl/N-ethyl adjacent to an activating group) is 1. The highest BCUT2D eigenvalue weighted by atomic mass is 35.5. The van der Waals surface area contributed by atoms with Crippen molar-refractivity contribution in [1.29, 1.82) is 0 Å². The zero-order valence-corrected chi connectivity index (χ0v) is 14.4. The molecular formula is C17H23ClN2S. The highest BCUT2D eigenvalue weighted by Crippen LogP contribution is 2.30. The molecule has 2 atom stereocenters. The maximum absolute atomic E-state index is 6.41. The van der Waals surface area contributed by atoms with Gasteiger partial charge in [-0.15, -0.1) is 11.3 Å². The smallest absolute Gasteiger partial charge is 0.0931 e. The number of thiophene rings is 1. The molecule has 0 radical (unpaired) electrons. The van der Waals surface area contributed by atoms with Crippen LogP contribution in [-0.4, -0.2) is 18.0 Å². The Kier molecular flexibility index (Phi) is 5.82. The van der Waals surface area contributed by atoms with E-state index >= 15 is 0 Å². The van der Waals surface area contributed by atoms with Gasteiger partial charge in [0.05, 0.1) is 10.4 Å². The van der Waals surface area contributed by atoms with E-state index in [0.717, 1.165) is 17.3 Å². The lowest BCUT2D eigenvalue weighted by Gasteiger charge is -2.33. The number of rotatable bonds is 6. The summed E-state index contributed by atoms with van der Waals surface area (Å²) >= 11 is 7.67. The second-order valence-corrected chi connectivity index (χ2v) is 7.29. The predicted molar refractivity (Wildman–Crippen MR) is 93.0 cm³/mol. The molecule has 0 bridgehead atoms. The van der Waals surface area contributed by atoms with Crippen LogP contribution in [0.1, 0.15) is 35.4 Å². The largest absolute Gasteiger partial charge is 0.326 e. The van der Waals surface area contributed by atoms with E-state index in [2.05, 4.69) is 56.1 Å². The number of aryl methyl sites for hydroxylation is 1. The van der Waals surface area contributed by atoms with Crippen molar-refractivity contribution in [1.82, 2.24) is 4.90 Å². The molecule has 0 aliphatic rings. The highest BCUT2D eigenvalue weighted by molar-refractivity contribution is 7.16. The Labute approximate surface area is 136 Å². The summed E-state index contributed by atoms with van der Waals surface area (Å²) in [5.41, 5.74) is 9.02. The van der Waals surface area contributed by atoms with Crippen LogP contribution in [0.4, 0.5) is 0 Å². The first-order valence-corrected chi connectivity index (χ1v) is 8.48. The summed E-state index contributed by atoms with van der Waals surface area (Å²) in [6.45, 7) is 5.16. The Balaban J connectivity index is 2.25. The fourth-order valence-corrected chi connectivity index (χ4v) is 3.87. The van der Waals surface area contributed by atoms with Gasteiger partial charge in [0.1, 0.15) is 0 Å². The van der Waals surface area contributed by atoms with Crippen LogP contribution in [0, 0.1) is 6.92 Å². The lowest BCUT2D eigenvalue weighted by Crippen LogP contribution is -2.38. The molecule has 0 spiro atoms. The van der Waals surface area contributed by atoms with Crippen LogP contribution < -0.4 is 5.73 Å². The van der Waals surface area contributed by atoms with E-state index in [1.54, 1.807) is 11.3 Å². The minimum Gasteiger partial charge on any atom is -0.326 e. The maximum Gasteiger partial charge on any atom is 0.0931 e. The van der Waals surface area contributed by atoms with Gasteiger partial charge in [0.2, 0.25) is 0 Å². The molecule has 0 saturated carbocycles. The Hall–Kier alpha value is -0.870. The number of nitrogens with two attached hydrogens (primary N) is 1. The Morgan fingerprint density at radius 1 is 1.24 bits per heavy atom. The van der Waals surface area contributed by atoms with Crippen molar-refractivity contribution < 1.29 is 0 Å². The summed E-state index contributed by atoms with van der Waals surface area (Å²) in [4.78, 5) is 3.60. The van der Waals surface area contributed by atoms with Crippen molar-refractivity contribution in [3.63, 3.8) is 0 Å². The van der Waals surface area contributed by atoms with Gasteiger partial charge in [-0.2, -0.15) is 0 Å². The topological polar surface area (TPSA) is 29.3 Å². The van der Waals surface area contributed by atoms with Crippen molar-refractivity contribution >= 4 is 22.9 Å². The third-order valence-electron chi connectivity index (χ3n) is 3.89. The number of hydrogen-bond acceptors (Lipinski definition) is 3. The number of nitrogens with zero attached hydrogens (tertiary/aromatic N) is 1. The Morgan fingerprint density at radius 2 is 1.95 bits per heavy atom. The van der Waals surface area contributed by atoms with E-state index in [-0.39, 0.29) is 12.1 Å². The van der Waals surface area contributed by atoms with Crippen LogP contribution in [0.15, 0.2) is 36.4 Å². The van der Waals surface area contributed by atoms with E-state index in [1.807, 2.05) is 6.07 Å². The molecular weight excluding hydrogens is 300 g/mol. The Morgan fingerprint density at radius 3 is 2.52 bits per heavy atom. The molecule has 1 aromatic heterocycles. The van der Waals surface area contributed by atoms with Gasteiger partial charge in [-0.25, -0.2) is 0 Å². The number of hydrogen-bond donors (Lipinski definition) is 1. The van der Waals surface area contributed by atoms with Crippen LogP contribution >= 0.6 is 22.9 Å². The Bertz CT molecular complexity index is 582. The predicted octanol–water partition coefficient (Wildman–Crippen LogP) is 4.62. The molecule has 21 heavy (non-hydrogen) atoms. The third kappa shape index (κ3) is 4.07. The van der Waals surface area contributed by atoms with Gasteiger partial charge in [0, 0.05) is 17.5 Å². The average Bonchev–Trinajstić information content (AvgIpc) is 2.86. The zero-order valence-electron chi connectivity index (χ0n) is 12.8. The van der Waals surface area contributed by atoms with Crippen molar-refractivity contribution in [3.8, 4) is 0 Å². The minimum atomic E-state index is 0.117. The van der Waals surface area contributed by atoms with E-state index in [0.29, 0.717) is 0 Å². The van der Waals surface area contributed by atoms with Crippen LogP contribution in [0.5, 0.6) is 0 Å². The van der Waals surface area contributed by atoms with Crippen LogP contribution in [0.25, 0.3) is 0 Å². The molecule has 1 aromatic carbocycles. The van der Waals surface area contributed by atoms with Gasteiger partial charge in [0.15, 0.2) is 0 Å². The molecule has 2 rings (SSSR count). The molecule has 0 amide bonds. The summed E-state index contributed by atoms with van der Waals surface area (Å²) < 4.78 is 0.839. The molecule has 0 aliphatic heterocycles. The first-order valence-electron chi connectivity index (χ1n) is 7.28. The highest BCUT2D eigenvalue weighted by Gasteiger charge is 2.24. The van der Waals surface area contributed by atoms with E-state index < -0.39 is 0 Å². The van der Waals surface area contributed by atoms with E-state index in [1.165, 1.54) is 16.0 Å². The van der Waals surface area contributed by atoms with E-state index in [9.17, 15) is 0 Å². The summed E-state index contributed by atoms with van der Waals surface area (Å²) in [6, 6.07) is 12.9. The van der Waals surface area contributed by atoms with Gasteiger partial charge in [-0.1, -0.05) is 42.8 Å². The average molecular weight is 323 g/mol. The molecule has 2 unspecified atom stereocenters. The summed E-state index contributed by atoms with van der Waals surface area (Å²) in [6.07, 6.45) is 0.953. The fraction of sp³-hybridized carbons (Fsp3) is 0.412. The van der Waals surface area contributed by atoms with Gasteiger partial charge < -0.3 is 5.73 Å². The van der Waals surface area contributed by atoms with Crippen LogP contribution in [0.2, 0.25) is 4.34 Å². The second-order valence-electron chi connectivity index (χ2n) is 5.49. The molecule has 0 fully saturated rings. The van der Waals surface area contributed by atoms with Gasteiger partial charge in [-0.3, -0.25) is 4.90 Å². The van der Waals surface area contributed by atoms with Crippen molar-refractivity contribution in [2.75, 3.05) is 7.05 Å². The summed E-state index contributed by atoms with van der Waals surface area (Å²) in [5, 5.41) is 0. The molecule has 114 valence electrons. The van der Waals surface area contributed by atoms with Crippen LogP contribution in [0.3, 0.4) is 0 Å². The van der Waals surface area contributed by atoms with Gasteiger partial charge in [0.25, 0.3) is 0 Å². The monoisotopic (exact) mass is 322 g/mol. The summed E-state index contributed by atoms with van der Waals surface area (Å²) in [7, 11) is 2.14. The molecule has 2 nitrogen and oxygen atoms in total. The van der Waals surface area contributed by atoms with Crippen molar-refractivity contribution in [2.45, 2.75) is 38.9 Å². The zero-order chi connectivity index (χ0) is 15.4. The maximum atomic E-state index is 6.41. The fourth-order valence-electron chi connectivity index (χ4n) is 2.72. The second kappa shape index (κ2) is 7.41. The lowest BCUT2D eigenvalue weighted by molar-refractivity contribution is 0.202. The number of benzene rings is 1. The lowest BCUT2D eigenvalue weighted by atomic mass is 9.93. The first kappa shape index (κ1) is 16.5. The standard InChI is InChI=1S/C17H23ClN2S/c1-4-15(19)17(14-8-6-5-7-12(14)2)20(3)11-13-9-10-16(18)21-13/h5-10,15,17H,4,11,19H2,1-3H3.